The first-order chi connectivity index (χ1) is 15.3. The Labute approximate surface area is 179 Å². The molecule has 4 rings (SSSR count). The number of aromatic nitrogens is 3. The van der Waals surface area contributed by atoms with Crippen LogP contribution in [0.1, 0.15) is 11.1 Å². The second-order valence-corrected chi connectivity index (χ2v) is 6.84. The monoisotopic (exact) mass is 444 g/mol. The van der Waals surface area contributed by atoms with Gasteiger partial charge in [-0.2, -0.15) is 13.2 Å². The molecule has 3 aromatic rings. The number of nitro groups is 1. The zero-order valence-corrected chi connectivity index (χ0v) is 16.4. The van der Waals surface area contributed by atoms with E-state index in [1.54, 1.807) is 12.1 Å². The highest BCUT2D eigenvalue weighted by Gasteiger charge is 2.30. The highest BCUT2D eigenvalue weighted by molar-refractivity contribution is 5.60. The number of alkyl halides is 3. The molecule has 1 aliphatic heterocycles. The van der Waals surface area contributed by atoms with E-state index in [9.17, 15) is 23.3 Å². The van der Waals surface area contributed by atoms with Crippen molar-refractivity contribution in [2.45, 2.75) is 18.8 Å². The van der Waals surface area contributed by atoms with Crippen molar-refractivity contribution in [1.29, 1.82) is 0 Å². The van der Waals surface area contributed by atoms with E-state index >= 15 is 0 Å². The van der Waals surface area contributed by atoms with Gasteiger partial charge < -0.3 is 19.6 Å². The number of nitrogens with zero attached hydrogens (tertiary/aromatic N) is 4. The molecule has 8 nitrogen and oxygen atoms in total. The lowest BCUT2D eigenvalue weighted by Gasteiger charge is -2.21. The van der Waals surface area contributed by atoms with E-state index in [-0.39, 0.29) is 31.1 Å². The van der Waals surface area contributed by atoms with Crippen molar-refractivity contribution in [2.75, 3.05) is 13.2 Å². The van der Waals surface area contributed by atoms with Crippen molar-refractivity contribution >= 4 is 5.82 Å². The topological polar surface area (TPSA) is 92.3 Å². The smallest absolute Gasteiger partial charge is 0.416 e. The van der Waals surface area contributed by atoms with Gasteiger partial charge in [0.2, 0.25) is 0 Å². The average molecular weight is 444 g/mol. The Hall–Kier alpha value is -3.91. The Morgan fingerprint density at radius 3 is 2.69 bits per heavy atom. The van der Waals surface area contributed by atoms with Crippen molar-refractivity contribution in [3.05, 3.63) is 70.0 Å². The lowest BCUT2D eigenvalue weighted by molar-refractivity contribution is -0.389. The van der Waals surface area contributed by atoms with Gasteiger partial charge in [-0.25, -0.2) is 0 Å². The molecule has 1 atom stereocenters. The molecule has 0 bridgehead atoms. The zero-order chi connectivity index (χ0) is 22.7. The molecule has 11 heteroatoms. The lowest BCUT2D eigenvalue weighted by Crippen LogP contribution is -2.32. The molecule has 0 spiro atoms. The molecule has 3 heterocycles. The Kier molecular flexibility index (Phi) is 5.79. The van der Waals surface area contributed by atoms with Gasteiger partial charge in [0, 0.05) is 22.3 Å². The first-order valence-electron chi connectivity index (χ1n) is 9.38. The molecule has 1 aromatic carbocycles. The van der Waals surface area contributed by atoms with Crippen LogP contribution in [-0.2, 0) is 17.5 Å². The normalized spacial score (nSPS) is 15.3. The summed E-state index contributed by atoms with van der Waals surface area (Å²) in [6, 6.07) is 8.35. The molecule has 0 fully saturated rings. The first-order valence-corrected chi connectivity index (χ1v) is 9.38. The number of pyridine rings is 1. The number of fused-ring (bicyclic) bond motifs is 1. The number of benzene rings is 1. The summed E-state index contributed by atoms with van der Waals surface area (Å²) in [6.07, 6.45) is -1.89. The average Bonchev–Trinajstić information content (AvgIpc) is 3.21. The van der Waals surface area contributed by atoms with Crippen LogP contribution in [0.2, 0.25) is 0 Å². The minimum Gasteiger partial charge on any atom is -0.443 e. The molecule has 0 saturated carbocycles. The highest BCUT2D eigenvalue weighted by atomic mass is 19.4. The summed E-state index contributed by atoms with van der Waals surface area (Å²) in [6.45, 7) is 0.682. The third kappa shape index (κ3) is 4.87. The van der Waals surface area contributed by atoms with Gasteiger partial charge in [0.25, 0.3) is 0 Å². The molecular formula is C21H15F3N4O4. The fraction of sp³-hybridized carbons (Fsp3) is 0.238. The molecule has 0 radical (unpaired) electrons. The van der Waals surface area contributed by atoms with E-state index in [0.29, 0.717) is 23.4 Å². The Morgan fingerprint density at radius 1 is 1.25 bits per heavy atom. The molecule has 0 saturated heterocycles. The predicted octanol–water partition coefficient (Wildman–Crippen LogP) is 3.70. The third-order valence-electron chi connectivity index (χ3n) is 4.61. The van der Waals surface area contributed by atoms with E-state index in [4.69, 9.17) is 9.47 Å². The van der Waals surface area contributed by atoms with E-state index in [2.05, 4.69) is 21.8 Å². The number of ether oxygens (including phenoxy) is 2. The number of hydrogen-bond acceptors (Lipinski definition) is 6. The van der Waals surface area contributed by atoms with Crippen LogP contribution in [-0.4, -0.2) is 38.8 Å². The van der Waals surface area contributed by atoms with Crippen LogP contribution in [0.4, 0.5) is 19.0 Å². The molecule has 0 unspecified atom stereocenters. The summed E-state index contributed by atoms with van der Waals surface area (Å²) in [4.78, 5) is 18.2. The van der Waals surface area contributed by atoms with Gasteiger partial charge in [-0.1, -0.05) is 24.0 Å². The minimum absolute atomic E-state index is 0.112. The summed E-state index contributed by atoms with van der Waals surface area (Å²) in [5, 5.41) is 10.8. The van der Waals surface area contributed by atoms with Gasteiger partial charge in [-0.15, -0.1) is 0 Å². The van der Waals surface area contributed by atoms with Crippen molar-refractivity contribution < 1.29 is 27.6 Å². The number of hydrogen-bond donors (Lipinski definition) is 0. The lowest BCUT2D eigenvalue weighted by atomic mass is 10.1. The maximum atomic E-state index is 12.7. The molecular weight excluding hydrogens is 429 g/mol. The van der Waals surface area contributed by atoms with Crippen LogP contribution >= 0.6 is 0 Å². The summed E-state index contributed by atoms with van der Waals surface area (Å²) in [7, 11) is 0. The van der Waals surface area contributed by atoms with Crippen molar-refractivity contribution in [3.63, 3.8) is 0 Å². The number of imidazole rings is 1. The van der Waals surface area contributed by atoms with E-state index in [1.807, 2.05) is 0 Å². The van der Waals surface area contributed by atoms with Crippen LogP contribution in [0, 0.1) is 22.0 Å². The fourth-order valence-corrected chi connectivity index (χ4v) is 3.03. The molecule has 0 N–H and O–H groups in total. The summed E-state index contributed by atoms with van der Waals surface area (Å²) in [5.41, 5.74) is 1.01. The van der Waals surface area contributed by atoms with E-state index in [0.717, 1.165) is 12.1 Å². The standard InChI is InChI=1S/C21H15F3N4O4/c22-21(23,24)16-6-4-15(5-7-16)18-8-3-14(10-25-18)2-1-9-31-17-11-27-12-19(28(29)30)26-20(27)32-13-17/h3-8,10,12,17H,9,11,13H2/t17-/m0/s1. The van der Waals surface area contributed by atoms with Crippen LogP contribution in [0.5, 0.6) is 6.01 Å². The largest absolute Gasteiger partial charge is 0.443 e. The number of rotatable bonds is 4. The van der Waals surface area contributed by atoms with Crippen molar-refractivity contribution in [2.24, 2.45) is 0 Å². The van der Waals surface area contributed by atoms with Crippen LogP contribution in [0.15, 0.2) is 48.8 Å². The molecule has 2 aromatic heterocycles. The predicted molar refractivity (Wildman–Crippen MR) is 106 cm³/mol. The zero-order valence-electron chi connectivity index (χ0n) is 16.4. The SMILES string of the molecule is O=[N+]([O-])c1cn2c(n1)OC[C@@H](OCC#Cc1ccc(-c3ccc(C(F)(F)F)cc3)nc1)C2. The Bertz CT molecular complexity index is 1180. The van der Waals surface area contributed by atoms with Gasteiger partial charge in [0.05, 0.1) is 17.8 Å². The van der Waals surface area contributed by atoms with Gasteiger partial charge >= 0.3 is 18.0 Å². The summed E-state index contributed by atoms with van der Waals surface area (Å²) < 4.78 is 50.5. The second kappa shape index (κ2) is 8.68. The van der Waals surface area contributed by atoms with Gasteiger partial charge in [-0.05, 0) is 29.2 Å². The van der Waals surface area contributed by atoms with Crippen molar-refractivity contribution in [3.8, 4) is 29.1 Å². The van der Waals surface area contributed by atoms with E-state index < -0.39 is 16.7 Å². The third-order valence-corrected chi connectivity index (χ3v) is 4.61. The molecule has 1 aliphatic rings. The Morgan fingerprint density at radius 2 is 2.03 bits per heavy atom. The fourth-order valence-electron chi connectivity index (χ4n) is 3.03. The van der Waals surface area contributed by atoms with Gasteiger partial charge in [-0.3, -0.25) is 9.55 Å². The maximum absolute atomic E-state index is 12.7. The molecule has 164 valence electrons. The molecule has 32 heavy (non-hydrogen) atoms. The van der Waals surface area contributed by atoms with Gasteiger partial charge in [0.1, 0.15) is 25.5 Å². The minimum atomic E-state index is -4.38. The van der Waals surface area contributed by atoms with Crippen LogP contribution in [0.3, 0.4) is 0 Å². The van der Waals surface area contributed by atoms with Crippen LogP contribution < -0.4 is 4.74 Å². The molecule has 0 amide bonds. The summed E-state index contributed by atoms with van der Waals surface area (Å²) >= 11 is 0. The number of halogens is 3. The summed E-state index contributed by atoms with van der Waals surface area (Å²) in [5.74, 6) is 5.46. The Balaban J connectivity index is 1.31. The maximum Gasteiger partial charge on any atom is 0.416 e. The van der Waals surface area contributed by atoms with E-state index in [1.165, 1.54) is 29.1 Å². The highest BCUT2D eigenvalue weighted by Crippen LogP contribution is 2.30. The second-order valence-electron chi connectivity index (χ2n) is 6.84. The first kappa shape index (κ1) is 21.3. The van der Waals surface area contributed by atoms with Gasteiger partial charge in [0.15, 0.2) is 0 Å². The molecule has 0 aliphatic carbocycles. The quantitative estimate of drug-likeness (QED) is 0.346. The van der Waals surface area contributed by atoms with Crippen molar-refractivity contribution in [1.82, 2.24) is 14.5 Å². The van der Waals surface area contributed by atoms with Crippen LogP contribution in [0.25, 0.3) is 11.3 Å².